The third-order valence-electron chi connectivity index (χ3n) is 6.83. The number of ether oxygens (including phenoxy) is 1. The number of hydrogen-bond acceptors (Lipinski definition) is 5. The number of piperidine rings is 1. The van der Waals surface area contributed by atoms with Crippen LogP contribution in [0, 0.1) is 12.8 Å². The lowest BCUT2D eigenvalue weighted by Gasteiger charge is -2.33. The molecule has 1 atom stereocenters. The van der Waals surface area contributed by atoms with Gasteiger partial charge in [-0.2, -0.15) is 11.8 Å². The van der Waals surface area contributed by atoms with E-state index < -0.39 is 17.7 Å². The third-order valence-corrected chi connectivity index (χ3v) is 8.11. The predicted molar refractivity (Wildman–Crippen MR) is 145 cm³/mol. The second kappa shape index (κ2) is 13.5. The van der Waals surface area contributed by atoms with Crippen LogP contribution in [0.5, 0.6) is 0 Å². The van der Waals surface area contributed by atoms with Crippen LogP contribution in [0.1, 0.15) is 76.8 Å². The van der Waals surface area contributed by atoms with Crippen molar-refractivity contribution >= 4 is 23.8 Å². The molecule has 1 aliphatic carbocycles. The zero-order valence-electron chi connectivity index (χ0n) is 22.1. The summed E-state index contributed by atoms with van der Waals surface area (Å²) in [6.07, 6.45) is 7.86. The van der Waals surface area contributed by atoms with Crippen molar-refractivity contribution in [3.8, 4) is 0 Å². The number of nitrogens with one attached hydrogen (secondary N) is 2. The van der Waals surface area contributed by atoms with Crippen molar-refractivity contribution in [2.24, 2.45) is 5.92 Å². The van der Waals surface area contributed by atoms with Gasteiger partial charge in [0.15, 0.2) is 0 Å². The highest BCUT2D eigenvalue weighted by Gasteiger charge is 2.28. The Balaban J connectivity index is 1.47. The van der Waals surface area contributed by atoms with Gasteiger partial charge in [0.1, 0.15) is 11.6 Å². The number of aryl methyl sites for hydroxylation is 1. The predicted octanol–water partition coefficient (Wildman–Crippen LogP) is 5.28. The van der Waals surface area contributed by atoms with Crippen molar-refractivity contribution < 1.29 is 14.3 Å². The lowest BCUT2D eigenvalue weighted by atomic mass is 9.91. The molecule has 0 bridgehead atoms. The first-order chi connectivity index (χ1) is 16.7. The molecule has 0 radical (unpaired) electrons. The monoisotopic (exact) mass is 503 g/mol. The highest BCUT2D eigenvalue weighted by molar-refractivity contribution is 7.99. The van der Waals surface area contributed by atoms with E-state index in [1.807, 2.05) is 20.8 Å². The summed E-state index contributed by atoms with van der Waals surface area (Å²) in [5, 5.41) is 6.06. The number of nitrogens with zero attached hydrogens (tertiary/aromatic N) is 1. The van der Waals surface area contributed by atoms with E-state index in [0.717, 1.165) is 44.1 Å². The summed E-state index contributed by atoms with van der Waals surface area (Å²) in [6, 6.07) is 8.27. The minimum Gasteiger partial charge on any atom is -0.444 e. The summed E-state index contributed by atoms with van der Waals surface area (Å²) in [4.78, 5) is 28.1. The van der Waals surface area contributed by atoms with E-state index in [0.29, 0.717) is 5.75 Å². The molecular weight excluding hydrogens is 458 g/mol. The maximum atomic E-state index is 13.2. The van der Waals surface area contributed by atoms with Crippen LogP contribution in [0.4, 0.5) is 4.79 Å². The molecule has 7 heteroatoms. The molecule has 1 aromatic carbocycles. The second-order valence-electron chi connectivity index (χ2n) is 11.3. The zero-order valence-corrected chi connectivity index (χ0v) is 22.9. The minimum atomic E-state index is -0.593. The van der Waals surface area contributed by atoms with Crippen molar-refractivity contribution in [3.63, 3.8) is 0 Å². The number of alkyl carbamates (subject to hydrolysis) is 1. The Morgan fingerprint density at radius 2 is 1.71 bits per heavy atom. The van der Waals surface area contributed by atoms with E-state index in [1.165, 1.54) is 43.2 Å². The van der Waals surface area contributed by atoms with Crippen LogP contribution in [0.2, 0.25) is 0 Å². The topological polar surface area (TPSA) is 70.7 Å². The van der Waals surface area contributed by atoms with E-state index in [1.54, 1.807) is 11.8 Å². The first-order valence-electron chi connectivity index (χ1n) is 13.3. The summed E-state index contributed by atoms with van der Waals surface area (Å²) in [6.45, 7) is 10.5. The van der Waals surface area contributed by atoms with Crippen molar-refractivity contribution in [1.29, 1.82) is 0 Å². The standard InChI is InChI=1S/C28H45N3O3S/c1-21-10-12-22(13-11-21)18-31-16-14-24(15-17-31)29-26(32)25(30-27(33)34-28(2,3)4)20-35-19-23-8-6-5-7-9-23/h10-13,23-25H,5-9,14-20H2,1-4H3,(H,29,32)(H,30,33)/t25-/m0/s1. The Bertz CT molecular complexity index is 795. The van der Waals surface area contributed by atoms with Gasteiger partial charge in [-0.25, -0.2) is 4.79 Å². The van der Waals surface area contributed by atoms with Gasteiger partial charge >= 0.3 is 6.09 Å². The van der Waals surface area contributed by atoms with Crippen LogP contribution >= 0.6 is 11.8 Å². The molecule has 0 spiro atoms. The number of hydrogen-bond donors (Lipinski definition) is 2. The number of benzene rings is 1. The molecule has 35 heavy (non-hydrogen) atoms. The zero-order chi connectivity index (χ0) is 25.3. The fraction of sp³-hybridized carbons (Fsp3) is 0.714. The molecule has 0 aromatic heterocycles. The quantitative estimate of drug-likeness (QED) is 0.480. The molecule has 196 valence electrons. The number of carbonyl (C=O) groups excluding carboxylic acids is 2. The van der Waals surface area contributed by atoms with Gasteiger partial charge in [0.25, 0.3) is 0 Å². The molecule has 1 saturated heterocycles. The molecule has 1 aliphatic heterocycles. The van der Waals surface area contributed by atoms with Crippen LogP contribution in [0.15, 0.2) is 24.3 Å². The molecule has 2 amide bonds. The van der Waals surface area contributed by atoms with Gasteiger partial charge in [-0.05, 0) is 70.6 Å². The fourth-order valence-corrected chi connectivity index (χ4v) is 6.10. The van der Waals surface area contributed by atoms with Gasteiger partial charge in [-0.3, -0.25) is 9.69 Å². The summed E-state index contributed by atoms with van der Waals surface area (Å²) >= 11 is 1.78. The number of amides is 2. The molecule has 2 fully saturated rings. The Morgan fingerprint density at radius 3 is 2.34 bits per heavy atom. The van der Waals surface area contributed by atoms with E-state index in [9.17, 15) is 9.59 Å². The maximum absolute atomic E-state index is 13.2. The SMILES string of the molecule is Cc1ccc(CN2CCC(NC(=O)[C@H](CSCC3CCCCC3)NC(=O)OC(C)(C)C)CC2)cc1. The summed E-state index contributed by atoms with van der Waals surface area (Å²) in [5.74, 6) is 2.27. The number of thioether (sulfide) groups is 1. The van der Waals surface area contributed by atoms with Gasteiger partial charge < -0.3 is 15.4 Å². The summed E-state index contributed by atoms with van der Waals surface area (Å²) in [5.41, 5.74) is 2.02. The van der Waals surface area contributed by atoms with Crippen LogP contribution in [-0.2, 0) is 16.1 Å². The average Bonchev–Trinajstić information content (AvgIpc) is 2.80. The summed E-state index contributed by atoms with van der Waals surface area (Å²) < 4.78 is 5.44. The van der Waals surface area contributed by atoms with Crippen LogP contribution in [0.3, 0.4) is 0 Å². The first-order valence-corrected chi connectivity index (χ1v) is 14.5. The minimum absolute atomic E-state index is 0.0935. The average molecular weight is 504 g/mol. The van der Waals surface area contributed by atoms with Crippen LogP contribution < -0.4 is 10.6 Å². The lowest BCUT2D eigenvalue weighted by molar-refractivity contribution is -0.123. The Hall–Kier alpha value is -1.73. The lowest BCUT2D eigenvalue weighted by Crippen LogP contribution is -2.53. The van der Waals surface area contributed by atoms with Crippen molar-refractivity contribution in [2.45, 2.75) is 96.9 Å². The number of rotatable bonds is 9. The van der Waals surface area contributed by atoms with Gasteiger partial charge in [0.05, 0.1) is 0 Å². The van der Waals surface area contributed by atoms with Crippen molar-refractivity contribution in [2.75, 3.05) is 24.6 Å². The van der Waals surface area contributed by atoms with Crippen molar-refractivity contribution in [3.05, 3.63) is 35.4 Å². The van der Waals surface area contributed by atoms with Gasteiger partial charge in [-0.15, -0.1) is 0 Å². The largest absolute Gasteiger partial charge is 0.444 e. The molecule has 1 aromatic rings. The van der Waals surface area contributed by atoms with Gasteiger partial charge in [0.2, 0.25) is 5.91 Å². The molecule has 2 N–H and O–H groups in total. The molecular formula is C28H45N3O3S. The Labute approximate surface area is 216 Å². The normalized spacial score (nSPS) is 19.2. The Morgan fingerprint density at radius 1 is 1.06 bits per heavy atom. The first kappa shape index (κ1) is 27.9. The molecule has 0 unspecified atom stereocenters. The van der Waals surface area contributed by atoms with Crippen LogP contribution in [-0.4, -0.2) is 59.2 Å². The van der Waals surface area contributed by atoms with E-state index in [-0.39, 0.29) is 11.9 Å². The van der Waals surface area contributed by atoms with E-state index in [4.69, 9.17) is 4.74 Å². The van der Waals surface area contributed by atoms with Gasteiger partial charge in [-0.1, -0.05) is 49.1 Å². The fourth-order valence-electron chi connectivity index (χ4n) is 4.83. The summed E-state index contributed by atoms with van der Waals surface area (Å²) in [7, 11) is 0. The molecule has 3 rings (SSSR count). The second-order valence-corrected chi connectivity index (χ2v) is 12.4. The van der Waals surface area contributed by atoms with Gasteiger partial charge in [0, 0.05) is 31.4 Å². The number of likely N-dealkylation sites (tertiary alicyclic amines) is 1. The highest BCUT2D eigenvalue weighted by Crippen LogP contribution is 2.27. The smallest absolute Gasteiger partial charge is 0.408 e. The third kappa shape index (κ3) is 10.4. The Kier molecular flexibility index (Phi) is 10.8. The highest BCUT2D eigenvalue weighted by atomic mass is 32.2. The molecule has 6 nitrogen and oxygen atoms in total. The van der Waals surface area contributed by atoms with Crippen LogP contribution in [0.25, 0.3) is 0 Å². The van der Waals surface area contributed by atoms with E-state index in [2.05, 4.69) is 46.7 Å². The molecule has 2 aliphatic rings. The molecule has 1 saturated carbocycles. The van der Waals surface area contributed by atoms with Crippen molar-refractivity contribution in [1.82, 2.24) is 15.5 Å². The number of carbonyl (C=O) groups is 2. The maximum Gasteiger partial charge on any atom is 0.408 e. The van der Waals surface area contributed by atoms with E-state index >= 15 is 0 Å². The molecule has 1 heterocycles.